The fourth-order valence-electron chi connectivity index (χ4n) is 2.26. The van der Waals surface area contributed by atoms with Crippen LogP contribution in [0.5, 0.6) is 5.75 Å². The van der Waals surface area contributed by atoms with E-state index in [4.69, 9.17) is 11.6 Å². The lowest BCUT2D eigenvalue weighted by atomic mass is 10.1. The lowest BCUT2D eigenvalue weighted by molar-refractivity contribution is -0.114. The molecule has 0 aromatic heterocycles. The Balaban J connectivity index is 1.99. The monoisotopic (exact) mass is 390 g/mol. The van der Waals surface area contributed by atoms with E-state index in [0.717, 1.165) is 0 Å². The third kappa shape index (κ3) is 3.02. The molecule has 2 aromatic carbocycles. The molecule has 0 spiro atoms. The van der Waals surface area contributed by atoms with Crippen molar-refractivity contribution < 1.29 is 9.90 Å². The Labute approximate surface area is 146 Å². The van der Waals surface area contributed by atoms with Crippen LogP contribution in [-0.2, 0) is 4.79 Å². The van der Waals surface area contributed by atoms with E-state index in [9.17, 15) is 9.90 Å². The van der Waals surface area contributed by atoms with Crippen molar-refractivity contribution in [2.75, 3.05) is 5.01 Å². The summed E-state index contributed by atoms with van der Waals surface area (Å²) in [5.74, 6) is -0.225. The van der Waals surface area contributed by atoms with E-state index < -0.39 is 0 Å². The summed E-state index contributed by atoms with van der Waals surface area (Å²) >= 11 is 9.20. The van der Waals surface area contributed by atoms with Crippen molar-refractivity contribution in [1.29, 1.82) is 0 Å². The van der Waals surface area contributed by atoms with Crippen LogP contribution in [0.15, 0.2) is 57.6 Å². The molecule has 4 nitrogen and oxygen atoms in total. The molecular weight excluding hydrogens is 380 g/mol. The number of aromatic hydroxyl groups is 1. The molecule has 1 aliphatic heterocycles. The lowest BCUT2D eigenvalue weighted by Crippen LogP contribution is -2.21. The van der Waals surface area contributed by atoms with E-state index >= 15 is 0 Å². The second-order valence-electron chi connectivity index (χ2n) is 5.03. The van der Waals surface area contributed by atoms with Crippen molar-refractivity contribution in [3.63, 3.8) is 0 Å². The highest BCUT2D eigenvalue weighted by molar-refractivity contribution is 9.10. The number of para-hydroxylation sites is 1. The molecule has 23 heavy (non-hydrogen) atoms. The first-order valence-corrected chi connectivity index (χ1v) is 7.99. The van der Waals surface area contributed by atoms with Gasteiger partial charge in [-0.1, -0.05) is 29.8 Å². The normalized spacial score (nSPS) is 16.1. The van der Waals surface area contributed by atoms with Crippen LogP contribution in [0.1, 0.15) is 12.5 Å². The molecule has 0 fully saturated rings. The molecule has 116 valence electrons. The van der Waals surface area contributed by atoms with Gasteiger partial charge in [-0.2, -0.15) is 10.1 Å². The zero-order valence-electron chi connectivity index (χ0n) is 12.1. The number of benzene rings is 2. The quantitative estimate of drug-likeness (QED) is 0.760. The van der Waals surface area contributed by atoms with Gasteiger partial charge < -0.3 is 5.11 Å². The number of hydrogen-bond donors (Lipinski definition) is 1. The minimum Gasteiger partial charge on any atom is -0.505 e. The number of hydrogen-bond acceptors (Lipinski definition) is 3. The van der Waals surface area contributed by atoms with Gasteiger partial charge in [-0.3, -0.25) is 4.79 Å². The Bertz CT molecular complexity index is 824. The number of halogens is 2. The first-order chi connectivity index (χ1) is 11.0. The van der Waals surface area contributed by atoms with Gasteiger partial charge in [-0.25, -0.2) is 0 Å². The molecule has 0 unspecified atom stereocenters. The molecule has 1 aliphatic rings. The second-order valence-corrected chi connectivity index (χ2v) is 6.29. The van der Waals surface area contributed by atoms with Gasteiger partial charge in [0.2, 0.25) is 0 Å². The summed E-state index contributed by atoms with van der Waals surface area (Å²) in [6.07, 6.45) is 1.71. The maximum atomic E-state index is 12.6. The van der Waals surface area contributed by atoms with E-state index in [0.29, 0.717) is 27.0 Å². The zero-order valence-corrected chi connectivity index (χ0v) is 14.5. The Morgan fingerprint density at radius 2 is 1.96 bits per heavy atom. The van der Waals surface area contributed by atoms with Crippen LogP contribution in [-0.4, -0.2) is 16.7 Å². The first kappa shape index (κ1) is 15.8. The molecule has 6 heteroatoms. The number of hydrazone groups is 1. The Hall–Kier alpha value is -2.11. The number of rotatable bonds is 2. The summed E-state index contributed by atoms with van der Waals surface area (Å²) in [6, 6.07) is 12.5. The smallest absolute Gasteiger partial charge is 0.280 e. The van der Waals surface area contributed by atoms with Gasteiger partial charge >= 0.3 is 0 Å². The summed E-state index contributed by atoms with van der Waals surface area (Å²) < 4.78 is 0.469. The van der Waals surface area contributed by atoms with Gasteiger partial charge in [0.05, 0.1) is 26.5 Å². The standard InChI is InChI=1S/C17H12BrClN2O2/c1-10-13(7-11-8-14(18)16(22)15(19)9-11)17(23)21(20-10)12-5-3-2-4-6-12/h2-9,22H,1H3/b13-7+. The van der Waals surface area contributed by atoms with Gasteiger partial charge in [0, 0.05) is 0 Å². The Morgan fingerprint density at radius 1 is 1.26 bits per heavy atom. The molecule has 0 saturated carbocycles. The van der Waals surface area contributed by atoms with E-state index in [1.807, 2.05) is 30.3 Å². The van der Waals surface area contributed by atoms with Crippen LogP contribution < -0.4 is 5.01 Å². The molecule has 3 rings (SSSR count). The van der Waals surface area contributed by atoms with Gasteiger partial charge in [0.1, 0.15) is 5.75 Å². The Morgan fingerprint density at radius 3 is 2.61 bits per heavy atom. The average molecular weight is 392 g/mol. The minimum atomic E-state index is -0.200. The summed E-state index contributed by atoms with van der Waals surface area (Å²) in [7, 11) is 0. The van der Waals surface area contributed by atoms with Gasteiger partial charge in [0.25, 0.3) is 5.91 Å². The molecule has 0 aliphatic carbocycles. The second kappa shape index (κ2) is 6.18. The molecular formula is C17H12BrClN2O2. The molecule has 1 amide bonds. The van der Waals surface area contributed by atoms with Crippen LogP contribution in [0.3, 0.4) is 0 Å². The average Bonchev–Trinajstić information content (AvgIpc) is 2.81. The molecule has 0 bridgehead atoms. The topological polar surface area (TPSA) is 52.9 Å². The van der Waals surface area contributed by atoms with E-state index in [-0.39, 0.29) is 16.7 Å². The maximum Gasteiger partial charge on any atom is 0.280 e. The molecule has 0 radical (unpaired) electrons. The first-order valence-electron chi connectivity index (χ1n) is 6.82. The Kier molecular flexibility index (Phi) is 4.24. The number of nitrogens with zero attached hydrogens (tertiary/aromatic N) is 2. The summed E-state index contributed by atoms with van der Waals surface area (Å²) in [5.41, 5.74) is 2.53. The minimum absolute atomic E-state index is 0.0251. The highest BCUT2D eigenvalue weighted by atomic mass is 79.9. The van der Waals surface area contributed by atoms with Crippen LogP contribution in [0.2, 0.25) is 5.02 Å². The number of anilines is 1. The van der Waals surface area contributed by atoms with Crippen LogP contribution in [0.4, 0.5) is 5.69 Å². The summed E-state index contributed by atoms with van der Waals surface area (Å²) in [6.45, 7) is 1.78. The fourth-order valence-corrected chi connectivity index (χ4v) is 3.08. The van der Waals surface area contributed by atoms with E-state index in [1.54, 1.807) is 25.1 Å². The number of phenolic OH excluding ortho intramolecular Hbond substituents is 1. The van der Waals surface area contributed by atoms with Crippen molar-refractivity contribution in [1.82, 2.24) is 0 Å². The van der Waals surface area contributed by atoms with Crippen molar-refractivity contribution >= 4 is 50.9 Å². The number of phenols is 1. The molecule has 0 saturated heterocycles. The van der Waals surface area contributed by atoms with E-state index in [2.05, 4.69) is 21.0 Å². The lowest BCUT2D eigenvalue weighted by Gasteiger charge is -2.11. The van der Waals surface area contributed by atoms with Crippen molar-refractivity contribution in [3.05, 3.63) is 63.1 Å². The van der Waals surface area contributed by atoms with E-state index in [1.165, 1.54) is 5.01 Å². The van der Waals surface area contributed by atoms with Crippen LogP contribution in [0, 0.1) is 0 Å². The van der Waals surface area contributed by atoms with Crippen molar-refractivity contribution in [3.8, 4) is 5.75 Å². The third-order valence-corrected chi connectivity index (χ3v) is 4.31. The van der Waals surface area contributed by atoms with Crippen molar-refractivity contribution in [2.45, 2.75) is 6.92 Å². The summed E-state index contributed by atoms with van der Waals surface area (Å²) in [5, 5.41) is 15.6. The van der Waals surface area contributed by atoms with Crippen molar-refractivity contribution in [2.24, 2.45) is 5.10 Å². The number of carbonyl (C=O) groups excluding carboxylic acids is 1. The molecule has 1 N–H and O–H groups in total. The third-order valence-electron chi connectivity index (χ3n) is 3.41. The van der Waals surface area contributed by atoms with Crippen LogP contribution in [0.25, 0.3) is 6.08 Å². The largest absolute Gasteiger partial charge is 0.505 e. The summed E-state index contributed by atoms with van der Waals surface area (Å²) in [4.78, 5) is 12.6. The molecule has 1 heterocycles. The predicted molar refractivity (Wildman–Crippen MR) is 95.8 cm³/mol. The highest BCUT2D eigenvalue weighted by Crippen LogP contribution is 2.34. The van der Waals surface area contributed by atoms with Gasteiger partial charge in [0.15, 0.2) is 0 Å². The predicted octanol–water partition coefficient (Wildman–Crippen LogP) is 4.61. The zero-order chi connectivity index (χ0) is 16.6. The SMILES string of the molecule is CC1=NN(c2ccccc2)C(=O)/C1=C/c1cc(Cl)c(O)c(Br)c1. The fraction of sp³-hybridized carbons (Fsp3) is 0.0588. The van der Waals surface area contributed by atoms with Gasteiger partial charge in [-0.05, 0) is 58.8 Å². The van der Waals surface area contributed by atoms with Gasteiger partial charge in [-0.15, -0.1) is 0 Å². The highest BCUT2D eigenvalue weighted by Gasteiger charge is 2.28. The molecule has 0 atom stereocenters. The number of amides is 1. The maximum absolute atomic E-state index is 12.6. The van der Waals surface area contributed by atoms with Crippen LogP contribution >= 0.6 is 27.5 Å². The molecule has 2 aromatic rings. The number of carbonyl (C=O) groups is 1.